The van der Waals surface area contributed by atoms with Crippen molar-refractivity contribution >= 4 is 12.1 Å². The molecule has 6 nitrogen and oxygen atoms in total. The van der Waals surface area contributed by atoms with Gasteiger partial charge in [0.15, 0.2) is 18.1 Å². The van der Waals surface area contributed by atoms with Gasteiger partial charge in [-0.2, -0.15) is 0 Å². The lowest BCUT2D eigenvalue weighted by molar-refractivity contribution is -0.125. The molecule has 0 aliphatic heterocycles. The standard InChI is InChI=1S/C16H24N2O4/c1-12(2)7-8-17-16(19)11-22-18-10-13-5-6-14(20-3)15(9-13)21-4/h5-6,9-10,12H,7-8,11H2,1-4H3,(H,17,19)/b18-10-. The Morgan fingerprint density at radius 1 is 1.27 bits per heavy atom. The van der Waals surface area contributed by atoms with Gasteiger partial charge in [-0.05, 0) is 30.5 Å². The summed E-state index contributed by atoms with van der Waals surface area (Å²) in [6.07, 6.45) is 2.46. The largest absolute Gasteiger partial charge is 0.493 e. The molecule has 6 heteroatoms. The molecule has 0 aromatic heterocycles. The molecule has 1 N–H and O–H groups in total. The second-order valence-corrected chi connectivity index (χ2v) is 5.15. The third-order valence-corrected chi connectivity index (χ3v) is 2.92. The van der Waals surface area contributed by atoms with Crippen molar-refractivity contribution in [1.29, 1.82) is 0 Å². The van der Waals surface area contributed by atoms with Crippen LogP contribution in [0, 0.1) is 5.92 Å². The molecule has 1 aromatic carbocycles. The van der Waals surface area contributed by atoms with E-state index >= 15 is 0 Å². The van der Waals surface area contributed by atoms with Crippen LogP contribution in [0.4, 0.5) is 0 Å². The number of amides is 1. The van der Waals surface area contributed by atoms with E-state index in [1.165, 1.54) is 6.21 Å². The molecular weight excluding hydrogens is 284 g/mol. The zero-order valence-electron chi connectivity index (χ0n) is 13.6. The SMILES string of the molecule is COc1ccc(/C=N\OCC(=O)NCCC(C)C)cc1OC. The molecule has 0 radical (unpaired) electrons. The fourth-order valence-electron chi connectivity index (χ4n) is 1.68. The lowest BCUT2D eigenvalue weighted by Crippen LogP contribution is -2.28. The van der Waals surface area contributed by atoms with Crippen LogP contribution in [0.3, 0.4) is 0 Å². The zero-order chi connectivity index (χ0) is 16.4. The quantitative estimate of drug-likeness (QED) is 0.561. The van der Waals surface area contributed by atoms with E-state index in [2.05, 4.69) is 24.3 Å². The third-order valence-electron chi connectivity index (χ3n) is 2.92. The minimum atomic E-state index is -0.176. The molecule has 1 aromatic rings. The van der Waals surface area contributed by atoms with E-state index in [9.17, 15) is 4.79 Å². The molecule has 0 aliphatic rings. The number of hydrogen-bond acceptors (Lipinski definition) is 5. The molecule has 0 spiro atoms. The van der Waals surface area contributed by atoms with Crippen molar-refractivity contribution in [3.05, 3.63) is 23.8 Å². The maximum atomic E-state index is 11.5. The van der Waals surface area contributed by atoms with Crippen molar-refractivity contribution in [2.45, 2.75) is 20.3 Å². The molecule has 1 rings (SSSR count). The highest BCUT2D eigenvalue weighted by atomic mass is 16.6. The van der Waals surface area contributed by atoms with Crippen LogP contribution in [0.15, 0.2) is 23.4 Å². The first-order chi connectivity index (χ1) is 10.6. The van der Waals surface area contributed by atoms with Gasteiger partial charge >= 0.3 is 0 Å². The Morgan fingerprint density at radius 2 is 2.00 bits per heavy atom. The Balaban J connectivity index is 2.38. The van der Waals surface area contributed by atoms with Crippen molar-refractivity contribution in [1.82, 2.24) is 5.32 Å². The number of oxime groups is 1. The van der Waals surface area contributed by atoms with Crippen LogP contribution in [-0.4, -0.2) is 39.5 Å². The second-order valence-electron chi connectivity index (χ2n) is 5.15. The van der Waals surface area contributed by atoms with Gasteiger partial charge in [-0.1, -0.05) is 19.0 Å². The van der Waals surface area contributed by atoms with E-state index in [0.717, 1.165) is 12.0 Å². The van der Waals surface area contributed by atoms with E-state index < -0.39 is 0 Å². The normalized spacial score (nSPS) is 10.8. The van der Waals surface area contributed by atoms with Gasteiger partial charge in [-0.3, -0.25) is 4.79 Å². The molecule has 0 atom stereocenters. The molecule has 0 heterocycles. The van der Waals surface area contributed by atoms with Crippen LogP contribution in [0.2, 0.25) is 0 Å². The molecule has 0 saturated heterocycles. The maximum absolute atomic E-state index is 11.5. The van der Waals surface area contributed by atoms with Gasteiger partial charge in [-0.15, -0.1) is 0 Å². The number of benzene rings is 1. The van der Waals surface area contributed by atoms with Crippen LogP contribution in [0.1, 0.15) is 25.8 Å². The van der Waals surface area contributed by atoms with Crippen LogP contribution < -0.4 is 14.8 Å². The number of methoxy groups -OCH3 is 2. The molecule has 0 fully saturated rings. The summed E-state index contributed by atoms with van der Waals surface area (Å²) in [5.74, 6) is 1.64. The minimum absolute atomic E-state index is 0.0954. The molecule has 22 heavy (non-hydrogen) atoms. The topological polar surface area (TPSA) is 69.2 Å². The van der Waals surface area contributed by atoms with E-state index in [4.69, 9.17) is 14.3 Å². The fourth-order valence-corrected chi connectivity index (χ4v) is 1.68. The van der Waals surface area contributed by atoms with Crippen molar-refractivity contribution in [2.75, 3.05) is 27.4 Å². The molecule has 0 bridgehead atoms. The van der Waals surface area contributed by atoms with Crippen molar-refractivity contribution < 1.29 is 19.1 Å². The molecule has 0 unspecified atom stereocenters. The van der Waals surface area contributed by atoms with Crippen molar-refractivity contribution in [2.24, 2.45) is 11.1 Å². The molecule has 0 saturated carbocycles. The van der Waals surface area contributed by atoms with E-state index in [0.29, 0.717) is 24.0 Å². The van der Waals surface area contributed by atoms with Crippen molar-refractivity contribution in [3.8, 4) is 11.5 Å². The van der Waals surface area contributed by atoms with Crippen LogP contribution >= 0.6 is 0 Å². The summed E-state index contributed by atoms with van der Waals surface area (Å²) in [5.41, 5.74) is 0.790. The van der Waals surface area contributed by atoms with E-state index in [1.54, 1.807) is 26.4 Å². The number of carbonyl (C=O) groups excluding carboxylic acids is 1. The molecular formula is C16H24N2O4. The predicted molar refractivity (Wildman–Crippen MR) is 85.6 cm³/mol. The maximum Gasteiger partial charge on any atom is 0.260 e. The number of hydrogen-bond donors (Lipinski definition) is 1. The molecule has 0 aliphatic carbocycles. The zero-order valence-corrected chi connectivity index (χ0v) is 13.6. The third kappa shape index (κ3) is 6.47. The highest BCUT2D eigenvalue weighted by Crippen LogP contribution is 2.26. The lowest BCUT2D eigenvalue weighted by Gasteiger charge is -2.07. The number of carbonyl (C=O) groups is 1. The Labute approximate surface area is 131 Å². The minimum Gasteiger partial charge on any atom is -0.493 e. The van der Waals surface area contributed by atoms with Crippen LogP contribution in [-0.2, 0) is 9.63 Å². The van der Waals surface area contributed by atoms with Gasteiger partial charge in [0.25, 0.3) is 5.91 Å². The molecule has 122 valence electrons. The van der Waals surface area contributed by atoms with Gasteiger partial charge in [0.05, 0.1) is 20.4 Å². The first-order valence-corrected chi connectivity index (χ1v) is 7.21. The number of rotatable bonds is 9. The highest BCUT2D eigenvalue weighted by Gasteiger charge is 2.04. The summed E-state index contributed by atoms with van der Waals surface area (Å²) in [6, 6.07) is 5.37. The highest BCUT2D eigenvalue weighted by molar-refractivity contribution is 5.81. The van der Waals surface area contributed by atoms with Gasteiger partial charge in [-0.25, -0.2) is 0 Å². The number of ether oxygens (including phenoxy) is 2. The average Bonchev–Trinajstić information content (AvgIpc) is 2.51. The lowest BCUT2D eigenvalue weighted by atomic mass is 10.1. The monoisotopic (exact) mass is 308 g/mol. The summed E-state index contributed by atoms with van der Waals surface area (Å²) in [6.45, 7) is 4.77. The summed E-state index contributed by atoms with van der Waals surface area (Å²) in [5, 5.41) is 6.55. The Hall–Kier alpha value is -2.24. The van der Waals surface area contributed by atoms with Gasteiger partial charge in [0.1, 0.15) is 0 Å². The first-order valence-electron chi connectivity index (χ1n) is 7.21. The summed E-state index contributed by atoms with van der Waals surface area (Å²) in [7, 11) is 3.14. The smallest absolute Gasteiger partial charge is 0.260 e. The predicted octanol–water partition coefficient (Wildman–Crippen LogP) is 2.22. The Bertz CT molecular complexity index is 501. The fraction of sp³-hybridized carbons (Fsp3) is 0.500. The van der Waals surface area contributed by atoms with Crippen molar-refractivity contribution in [3.63, 3.8) is 0 Å². The number of nitrogens with one attached hydrogen (secondary N) is 1. The summed E-state index contributed by atoms with van der Waals surface area (Å²) < 4.78 is 10.3. The summed E-state index contributed by atoms with van der Waals surface area (Å²) >= 11 is 0. The number of nitrogens with zero attached hydrogens (tertiary/aromatic N) is 1. The Kier molecular flexibility index (Phi) is 7.81. The van der Waals surface area contributed by atoms with E-state index in [1.807, 2.05) is 6.07 Å². The Morgan fingerprint density at radius 3 is 2.64 bits per heavy atom. The van der Waals surface area contributed by atoms with Gasteiger partial charge in [0.2, 0.25) is 0 Å². The second kappa shape index (κ2) is 9.65. The van der Waals surface area contributed by atoms with E-state index in [-0.39, 0.29) is 12.5 Å². The van der Waals surface area contributed by atoms with Gasteiger partial charge < -0.3 is 19.6 Å². The molecule has 1 amide bonds. The summed E-state index contributed by atoms with van der Waals surface area (Å²) in [4.78, 5) is 16.4. The first kappa shape index (κ1) is 17.8. The van der Waals surface area contributed by atoms with Crippen LogP contribution in [0.25, 0.3) is 0 Å². The average molecular weight is 308 g/mol. The van der Waals surface area contributed by atoms with Gasteiger partial charge in [0, 0.05) is 12.1 Å². The van der Waals surface area contributed by atoms with Crippen LogP contribution in [0.5, 0.6) is 11.5 Å².